The number of hydrogen-bond donors (Lipinski definition) is 0. The molecule has 1 aliphatic heterocycles. The lowest BCUT2D eigenvalue weighted by Crippen LogP contribution is -2.41. The summed E-state index contributed by atoms with van der Waals surface area (Å²) in [6, 6.07) is 11.7. The topological polar surface area (TPSA) is 42.3 Å². The molecule has 0 unspecified atom stereocenters. The highest BCUT2D eigenvalue weighted by Crippen LogP contribution is 2.28. The standard InChI is InChI=1S/C20H21F3N2O2/c21-20(22,23)17-6-7-18(26)25(13-17)14-19(27)24-10-8-16(9-11-24)12-15-4-2-1-3-5-15/h1-7,13,16H,8-12,14H2. The third-order valence-electron chi connectivity index (χ3n) is 4.95. The van der Waals surface area contributed by atoms with Crippen LogP contribution in [0.4, 0.5) is 13.2 Å². The summed E-state index contributed by atoms with van der Waals surface area (Å²) in [5.74, 6) is 0.155. The number of aromatic nitrogens is 1. The van der Waals surface area contributed by atoms with Gasteiger partial charge in [-0.05, 0) is 36.8 Å². The number of amides is 1. The minimum Gasteiger partial charge on any atom is -0.341 e. The van der Waals surface area contributed by atoms with Gasteiger partial charge in [-0.15, -0.1) is 0 Å². The van der Waals surface area contributed by atoms with Crippen molar-refractivity contribution in [2.24, 2.45) is 5.92 Å². The van der Waals surface area contributed by atoms with Gasteiger partial charge in [0.1, 0.15) is 6.54 Å². The average molecular weight is 378 g/mol. The molecule has 0 spiro atoms. The van der Waals surface area contributed by atoms with E-state index in [0.717, 1.165) is 36.0 Å². The molecule has 7 heteroatoms. The van der Waals surface area contributed by atoms with Crippen molar-refractivity contribution in [3.05, 3.63) is 70.1 Å². The predicted octanol–water partition coefficient (Wildman–Crippen LogP) is 3.35. The lowest BCUT2D eigenvalue weighted by molar-refractivity contribution is -0.139. The second-order valence-electron chi connectivity index (χ2n) is 6.90. The highest BCUT2D eigenvalue weighted by atomic mass is 19.4. The van der Waals surface area contributed by atoms with Crippen LogP contribution in [-0.2, 0) is 23.9 Å². The molecule has 0 atom stereocenters. The van der Waals surface area contributed by atoms with Gasteiger partial charge < -0.3 is 9.47 Å². The summed E-state index contributed by atoms with van der Waals surface area (Å²) in [4.78, 5) is 25.9. The third-order valence-corrected chi connectivity index (χ3v) is 4.95. The fourth-order valence-electron chi connectivity index (χ4n) is 3.40. The summed E-state index contributed by atoms with van der Waals surface area (Å²) in [6.07, 6.45) is -1.19. The van der Waals surface area contributed by atoms with Crippen molar-refractivity contribution in [1.29, 1.82) is 0 Å². The Bertz CT molecular complexity index is 838. The molecule has 1 fully saturated rings. The zero-order valence-corrected chi connectivity index (χ0v) is 14.8. The molecular weight excluding hydrogens is 357 g/mol. The number of nitrogens with zero attached hydrogens (tertiary/aromatic N) is 2. The molecule has 2 heterocycles. The molecule has 3 rings (SSSR count). The zero-order chi connectivity index (χ0) is 19.4. The second kappa shape index (κ2) is 7.98. The van der Waals surface area contributed by atoms with Gasteiger partial charge in [-0.2, -0.15) is 13.2 Å². The molecule has 1 aliphatic rings. The first-order chi connectivity index (χ1) is 12.8. The van der Waals surface area contributed by atoms with Crippen LogP contribution in [0.1, 0.15) is 24.0 Å². The summed E-state index contributed by atoms with van der Waals surface area (Å²) in [7, 11) is 0. The Kier molecular flexibility index (Phi) is 5.68. The summed E-state index contributed by atoms with van der Waals surface area (Å²) < 4.78 is 39.2. The van der Waals surface area contributed by atoms with Crippen molar-refractivity contribution in [1.82, 2.24) is 9.47 Å². The van der Waals surface area contributed by atoms with Gasteiger partial charge in [0.25, 0.3) is 5.56 Å². The van der Waals surface area contributed by atoms with Crippen LogP contribution in [0.15, 0.2) is 53.5 Å². The molecule has 0 N–H and O–H groups in total. The van der Waals surface area contributed by atoms with E-state index in [1.54, 1.807) is 4.90 Å². The highest BCUT2D eigenvalue weighted by Gasteiger charge is 2.31. The minimum absolute atomic E-state index is 0.324. The van der Waals surface area contributed by atoms with Crippen LogP contribution in [0.5, 0.6) is 0 Å². The van der Waals surface area contributed by atoms with Gasteiger partial charge in [-0.1, -0.05) is 30.3 Å². The van der Waals surface area contributed by atoms with Crippen LogP contribution in [0.2, 0.25) is 0 Å². The number of halogens is 3. The average Bonchev–Trinajstić information content (AvgIpc) is 2.64. The van der Waals surface area contributed by atoms with Gasteiger partial charge in [0.15, 0.2) is 0 Å². The number of hydrogen-bond acceptors (Lipinski definition) is 2. The van der Waals surface area contributed by atoms with E-state index in [-0.39, 0.29) is 12.5 Å². The number of carbonyl (C=O) groups is 1. The van der Waals surface area contributed by atoms with Crippen LogP contribution >= 0.6 is 0 Å². The molecule has 27 heavy (non-hydrogen) atoms. The van der Waals surface area contributed by atoms with Gasteiger partial charge in [0, 0.05) is 25.4 Å². The van der Waals surface area contributed by atoms with Crippen molar-refractivity contribution in [3.63, 3.8) is 0 Å². The first kappa shape index (κ1) is 19.2. The molecule has 0 bridgehead atoms. The summed E-state index contributed by atoms with van der Waals surface area (Å²) in [5.41, 5.74) is -0.287. The van der Waals surface area contributed by atoms with E-state index in [0.29, 0.717) is 25.2 Å². The zero-order valence-electron chi connectivity index (χ0n) is 14.8. The quantitative estimate of drug-likeness (QED) is 0.819. The molecule has 4 nitrogen and oxygen atoms in total. The number of likely N-dealkylation sites (tertiary alicyclic amines) is 1. The Morgan fingerprint density at radius 1 is 1.04 bits per heavy atom. The van der Waals surface area contributed by atoms with Gasteiger partial charge in [-0.25, -0.2) is 0 Å². The first-order valence-electron chi connectivity index (χ1n) is 8.92. The molecule has 1 amide bonds. The smallest absolute Gasteiger partial charge is 0.341 e. The Morgan fingerprint density at radius 2 is 1.70 bits per heavy atom. The van der Waals surface area contributed by atoms with E-state index >= 15 is 0 Å². The molecular formula is C20H21F3N2O2. The molecule has 2 aromatic rings. The summed E-state index contributed by atoms with van der Waals surface area (Å²) >= 11 is 0. The van der Waals surface area contributed by atoms with Crippen LogP contribution in [0, 0.1) is 5.92 Å². The van der Waals surface area contributed by atoms with Gasteiger partial charge >= 0.3 is 6.18 Å². The maximum Gasteiger partial charge on any atom is 0.417 e. The van der Waals surface area contributed by atoms with E-state index in [1.807, 2.05) is 18.2 Å². The van der Waals surface area contributed by atoms with E-state index in [1.165, 1.54) is 5.56 Å². The molecule has 0 saturated carbocycles. The van der Waals surface area contributed by atoms with Crippen LogP contribution in [0.3, 0.4) is 0 Å². The molecule has 1 aromatic heterocycles. The Hall–Kier alpha value is -2.57. The van der Waals surface area contributed by atoms with Crippen molar-refractivity contribution in [2.45, 2.75) is 32.0 Å². The second-order valence-corrected chi connectivity index (χ2v) is 6.90. The SMILES string of the molecule is O=C(Cn1cc(C(F)(F)F)ccc1=O)N1CCC(Cc2ccccc2)CC1. The normalized spacial score (nSPS) is 15.7. The van der Waals surface area contributed by atoms with Crippen molar-refractivity contribution < 1.29 is 18.0 Å². The monoisotopic (exact) mass is 378 g/mol. The molecule has 0 aliphatic carbocycles. The minimum atomic E-state index is -4.55. The molecule has 1 saturated heterocycles. The Balaban J connectivity index is 1.58. The number of piperidine rings is 1. The number of alkyl halides is 3. The van der Waals surface area contributed by atoms with Crippen LogP contribution in [0.25, 0.3) is 0 Å². The maximum atomic E-state index is 12.8. The first-order valence-corrected chi connectivity index (χ1v) is 8.92. The van der Waals surface area contributed by atoms with Crippen molar-refractivity contribution >= 4 is 5.91 Å². The number of benzene rings is 1. The van der Waals surface area contributed by atoms with E-state index < -0.39 is 17.3 Å². The predicted molar refractivity (Wildman–Crippen MR) is 95.2 cm³/mol. The lowest BCUT2D eigenvalue weighted by atomic mass is 9.90. The number of carbonyl (C=O) groups excluding carboxylic acids is 1. The highest BCUT2D eigenvalue weighted by molar-refractivity contribution is 5.76. The summed E-state index contributed by atoms with van der Waals surface area (Å²) in [6.45, 7) is 0.750. The van der Waals surface area contributed by atoms with Gasteiger partial charge in [0.05, 0.1) is 5.56 Å². The van der Waals surface area contributed by atoms with Gasteiger partial charge in [-0.3, -0.25) is 9.59 Å². The van der Waals surface area contributed by atoms with Crippen LogP contribution < -0.4 is 5.56 Å². The van der Waals surface area contributed by atoms with Crippen molar-refractivity contribution in [3.8, 4) is 0 Å². The van der Waals surface area contributed by atoms with E-state index in [9.17, 15) is 22.8 Å². The molecule has 1 aromatic carbocycles. The number of pyridine rings is 1. The molecule has 0 radical (unpaired) electrons. The van der Waals surface area contributed by atoms with Gasteiger partial charge in [0.2, 0.25) is 5.91 Å². The summed E-state index contributed by atoms with van der Waals surface area (Å²) in [5, 5.41) is 0. The fraction of sp³-hybridized carbons (Fsp3) is 0.400. The molecule has 144 valence electrons. The Labute approximate surface area is 155 Å². The van der Waals surface area contributed by atoms with E-state index in [2.05, 4.69) is 12.1 Å². The van der Waals surface area contributed by atoms with Crippen LogP contribution in [-0.4, -0.2) is 28.5 Å². The number of rotatable bonds is 4. The Morgan fingerprint density at radius 3 is 2.33 bits per heavy atom. The lowest BCUT2D eigenvalue weighted by Gasteiger charge is -2.32. The van der Waals surface area contributed by atoms with Crippen molar-refractivity contribution in [2.75, 3.05) is 13.1 Å². The fourth-order valence-corrected chi connectivity index (χ4v) is 3.40. The third kappa shape index (κ3) is 4.99. The maximum absolute atomic E-state index is 12.8. The van der Waals surface area contributed by atoms with E-state index in [4.69, 9.17) is 0 Å². The largest absolute Gasteiger partial charge is 0.417 e.